The van der Waals surface area contributed by atoms with Gasteiger partial charge in [-0.3, -0.25) is 9.79 Å². The van der Waals surface area contributed by atoms with Crippen LogP contribution in [-0.2, 0) is 24.2 Å². The Morgan fingerprint density at radius 1 is 1.28 bits per heavy atom. The van der Waals surface area contributed by atoms with Crippen molar-refractivity contribution in [2.24, 2.45) is 4.99 Å². The van der Waals surface area contributed by atoms with Gasteiger partial charge in [-0.25, -0.2) is 9.97 Å². The van der Waals surface area contributed by atoms with Crippen LogP contribution in [0.4, 0.5) is 0 Å². The monoisotopic (exact) mass is 357 g/mol. The summed E-state index contributed by atoms with van der Waals surface area (Å²) in [7, 11) is 0. The van der Waals surface area contributed by atoms with Gasteiger partial charge in [0.05, 0.1) is 13.0 Å². The number of thioether (sulfide) groups is 1. The number of rotatable bonds is 4. The predicted octanol–water partition coefficient (Wildman–Crippen LogP) is 2.32. The number of hydrogen-bond donors (Lipinski definition) is 1. The molecule has 0 bridgehead atoms. The van der Waals surface area contributed by atoms with Crippen molar-refractivity contribution < 1.29 is 4.79 Å². The lowest BCUT2D eigenvalue weighted by molar-refractivity contribution is -0.120. The van der Waals surface area contributed by atoms with Crippen molar-refractivity contribution in [2.45, 2.75) is 52.0 Å². The lowest BCUT2D eigenvalue weighted by atomic mass is 9.95. The van der Waals surface area contributed by atoms with E-state index in [0.717, 1.165) is 54.7 Å². The van der Waals surface area contributed by atoms with Crippen LogP contribution in [0.1, 0.15) is 48.5 Å². The lowest BCUT2D eigenvalue weighted by Gasteiger charge is -2.25. The van der Waals surface area contributed by atoms with Crippen molar-refractivity contribution >= 4 is 22.8 Å². The molecule has 1 aromatic rings. The molecule has 0 saturated carbocycles. The van der Waals surface area contributed by atoms with Crippen molar-refractivity contribution in [1.82, 2.24) is 20.2 Å². The zero-order valence-electron chi connectivity index (χ0n) is 14.5. The van der Waals surface area contributed by atoms with E-state index in [9.17, 15) is 4.79 Å². The maximum absolute atomic E-state index is 12.3. The molecule has 6 nitrogen and oxygen atoms in total. The van der Waals surface area contributed by atoms with Crippen LogP contribution in [0.2, 0.25) is 0 Å². The SMILES string of the molecule is Cc1nc(CNC(=O)CC2=CSC3=NCCCN23)nc2c1CCCC2. The van der Waals surface area contributed by atoms with E-state index in [1.165, 1.54) is 24.1 Å². The van der Waals surface area contributed by atoms with Gasteiger partial charge in [-0.1, -0.05) is 11.8 Å². The minimum Gasteiger partial charge on any atom is -0.348 e. The topological polar surface area (TPSA) is 70.5 Å². The van der Waals surface area contributed by atoms with E-state index in [-0.39, 0.29) is 5.91 Å². The molecule has 1 amide bonds. The third kappa shape index (κ3) is 3.56. The number of nitrogens with one attached hydrogen (secondary N) is 1. The van der Waals surface area contributed by atoms with Crippen LogP contribution in [0.3, 0.4) is 0 Å². The van der Waals surface area contributed by atoms with Crippen molar-refractivity contribution in [1.29, 1.82) is 0 Å². The molecule has 4 rings (SSSR count). The second kappa shape index (κ2) is 7.15. The van der Waals surface area contributed by atoms with E-state index < -0.39 is 0 Å². The molecule has 2 aliphatic heterocycles. The summed E-state index contributed by atoms with van der Waals surface area (Å²) in [4.78, 5) is 28.2. The first-order valence-electron chi connectivity index (χ1n) is 9.00. The zero-order chi connectivity index (χ0) is 17.2. The van der Waals surface area contributed by atoms with Crippen molar-refractivity contribution in [3.63, 3.8) is 0 Å². The number of hydrogen-bond acceptors (Lipinski definition) is 6. The first kappa shape index (κ1) is 16.6. The molecule has 7 heteroatoms. The van der Waals surface area contributed by atoms with E-state index in [2.05, 4.69) is 32.1 Å². The Hall–Kier alpha value is -1.89. The van der Waals surface area contributed by atoms with E-state index in [4.69, 9.17) is 0 Å². The summed E-state index contributed by atoms with van der Waals surface area (Å²) in [5.74, 6) is 0.735. The first-order valence-corrected chi connectivity index (χ1v) is 9.88. The molecule has 1 aromatic heterocycles. The quantitative estimate of drug-likeness (QED) is 0.895. The molecular weight excluding hydrogens is 334 g/mol. The van der Waals surface area contributed by atoms with E-state index in [1.54, 1.807) is 11.8 Å². The highest BCUT2D eigenvalue weighted by Gasteiger charge is 2.26. The fourth-order valence-electron chi connectivity index (χ4n) is 3.60. The number of amidine groups is 1. The van der Waals surface area contributed by atoms with E-state index >= 15 is 0 Å². The molecule has 0 aromatic carbocycles. The van der Waals surface area contributed by atoms with Gasteiger partial charge in [0.2, 0.25) is 5.91 Å². The predicted molar refractivity (Wildman–Crippen MR) is 99.2 cm³/mol. The second-order valence-corrected chi connectivity index (χ2v) is 7.54. The molecule has 3 heterocycles. The molecule has 0 saturated heterocycles. The van der Waals surface area contributed by atoms with Gasteiger partial charge in [-0.2, -0.15) is 0 Å². The van der Waals surface area contributed by atoms with Gasteiger partial charge in [0.15, 0.2) is 5.17 Å². The van der Waals surface area contributed by atoms with Crippen LogP contribution in [0.25, 0.3) is 0 Å². The summed E-state index contributed by atoms with van der Waals surface area (Å²) in [6.45, 7) is 4.29. The van der Waals surface area contributed by atoms with Crippen LogP contribution in [0.15, 0.2) is 16.1 Å². The summed E-state index contributed by atoms with van der Waals surface area (Å²) in [6.07, 6.45) is 5.96. The third-order valence-corrected chi connectivity index (χ3v) is 5.84. The number of fused-ring (bicyclic) bond motifs is 2. The summed E-state index contributed by atoms with van der Waals surface area (Å²) < 4.78 is 0. The smallest absolute Gasteiger partial charge is 0.226 e. The number of carbonyl (C=O) groups is 1. The summed E-state index contributed by atoms with van der Waals surface area (Å²) in [5.41, 5.74) is 4.60. The van der Waals surface area contributed by atoms with Crippen molar-refractivity contribution in [2.75, 3.05) is 13.1 Å². The number of aliphatic imine (C=N–C) groups is 1. The van der Waals surface area contributed by atoms with Gasteiger partial charge >= 0.3 is 0 Å². The highest BCUT2D eigenvalue weighted by Crippen LogP contribution is 2.30. The van der Waals surface area contributed by atoms with E-state index in [0.29, 0.717) is 13.0 Å². The standard InChI is InChI=1S/C18H23N5OS/c1-12-14-5-2-3-6-15(14)22-16(21-12)10-20-17(24)9-13-11-25-18-19-7-4-8-23(13)18/h11H,2-10H2,1H3,(H,20,24). The maximum atomic E-state index is 12.3. The molecule has 0 spiro atoms. The van der Waals surface area contributed by atoms with Gasteiger partial charge in [-0.15, -0.1) is 0 Å². The largest absolute Gasteiger partial charge is 0.348 e. The minimum atomic E-state index is 0.0117. The highest BCUT2D eigenvalue weighted by molar-refractivity contribution is 8.16. The number of aromatic nitrogens is 2. The normalized spacial score (nSPS) is 19.0. The Kier molecular flexibility index (Phi) is 4.74. The van der Waals surface area contributed by atoms with Gasteiger partial charge in [-0.05, 0) is 50.0 Å². The van der Waals surface area contributed by atoms with Crippen LogP contribution in [0.5, 0.6) is 0 Å². The molecule has 0 unspecified atom stereocenters. The second-order valence-electron chi connectivity index (χ2n) is 6.71. The molecule has 0 atom stereocenters. The summed E-state index contributed by atoms with van der Waals surface area (Å²) in [6, 6.07) is 0. The van der Waals surface area contributed by atoms with Crippen LogP contribution in [-0.4, -0.2) is 39.0 Å². The Balaban J connectivity index is 1.36. The molecule has 3 aliphatic rings. The third-order valence-electron chi connectivity index (χ3n) is 4.89. The lowest BCUT2D eigenvalue weighted by Crippen LogP contribution is -2.32. The Morgan fingerprint density at radius 3 is 3.08 bits per heavy atom. The molecule has 0 radical (unpaired) electrons. The van der Waals surface area contributed by atoms with Gasteiger partial charge in [0, 0.05) is 30.2 Å². The van der Waals surface area contributed by atoms with Gasteiger partial charge in [0.1, 0.15) is 5.82 Å². The average Bonchev–Trinajstić information content (AvgIpc) is 3.03. The summed E-state index contributed by atoms with van der Waals surface area (Å²) in [5, 5.41) is 6.05. The number of carbonyl (C=O) groups excluding carboxylic acids is 1. The van der Waals surface area contributed by atoms with Crippen LogP contribution in [0, 0.1) is 6.92 Å². The Bertz CT molecular complexity index is 758. The fraction of sp³-hybridized carbons (Fsp3) is 0.556. The molecule has 25 heavy (non-hydrogen) atoms. The Labute approximate surface area is 152 Å². The number of nitrogens with zero attached hydrogens (tertiary/aromatic N) is 4. The van der Waals surface area contributed by atoms with Gasteiger partial charge < -0.3 is 10.2 Å². The zero-order valence-corrected chi connectivity index (χ0v) is 15.4. The van der Waals surface area contributed by atoms with Crippen molar-refractivity contribution in [3.8, 4) is 0 Å². The van der Waals surface area contributed by atoms with Crippen LogP contribution < -0.4 is 5.32 Å². The minimum absolute atomic E-state index is 0.0117. The highest BCUT2D eigenvalue weighted by atomic mass is 32.2. The Morgan fingerprint density at radius 2 is 2.16 bits per heavy atom. The maximum Gasteiger partial charge on any atom is 0.226 e. The number of aryl methyl sites for hydroxylation is 2. The molecule has 132 valence electrons. The van der Waals surface area contributed by atoms with Crippen molar-refractivity contribution in [3.05, 3.63) is 33.9 Å². The molecule has 1 N–H and O–H groups in total. The summed E-state index contributed by atoms with van der Waals surface area (Å²) >= 11 is 1.62. The molecular formula is C18H23N5OS. The molecule has 1 aliphatic carbocycles. The van der Waals surface area contributed by atoms with Gasteiger partial charge in [0.25, 0.3) is 0 Å². The van der Waals surface area contributed by atoms with Crippen LogP contribution >= 0.6 is 11.8 Å². The first-order chi connectivity index (χ1) is 12.2. The fourth-order valence-corrected chi connectivity index (χ4v) is 4.55. The molecule has 0 fully saturated rings. The number of amides is 1. The average molecular weight is 357 g/mol. The van der Waals surface area contributed by atoms with E-state index in [1.807, 2.05) is 5.41 Å².